The summed E-state index contributed by atoms with van der Waals surface area (Å²) in [5.74, 6) is -2.01. The number of hydrogen-bond acceptors (Lipinski definition) is 4. The number of hydrogen-bond donors (Lipinski definition) is 1. The van der Waals surface area contributed by atoms with Crippen molar-refractivity contribution in [3.8, 4) is 0 Å². The molecule has 0 aliphatic heterocycles. The predicted molar refractivity (Wildman–Crippen MR) is 88.9 cm³/mol. The number of carboxylic acid groups (broad SMARTS) is 1. The summed E-state index contributed by atoms with van der Waals surface area (Å²) >= 11 is 0. The number of allylic oxidation sites excluding steroid dienone is 3. The third-order valence-corrected chi connectivity index (χ3v) is 2.06. The third-order valence-electron chi connectivity index (χ3n) is 2.06. The maximum atomic E-state index is 10.7. The van der Waals surface area contributed by atoms with Crippen LogP contribution in [-0.2, 0) is 14.3 Å². The topological polar surface area (TPSA) is 80.7 Å². The molecule has 0 aromatic heterocycles. The van der Waals surface area contributed by atoms with Gasteiger partial charge in [0.2, 0.25) is 0 Å². The second-order valence-electron chi connectivity index (χ2n) is 3.70. The molecule has 0 fully saturated rings. The molecule has 1 rings (SSSR count). The molecule has 1 aromatic carbocycles. The zero-order chi connectivity index (χ0) is 16.1. The van der Waals surface area contributed by atoms with Crippen LogP contribution in [0.3, 0.4) is 0 Å². The van der Waals surface area contributed by atoms with Gasteiger partial charge in [0.25, 0.3) is 0 Å². The number of carboxylic acids is 1. The van der Waals surface area contributed by atoms with Crippen molar-refractivity contribution < 1.29 is 111 Å². The van der Waals surface area contributed by atoms with Gasteiger partial charge in [-0.2, -0.15) is 0 Å². The van der Waals surface area contributed by atoms with E-state index in [4.69, 9.17) is 5.11 Å². The van der Waals surface area contributed by atoms with Gasteiger partial charge >= 0.3 is 137 Å². The van der Waals surface area contributed by atoms with Crippen molar-refractivity contribution >= 4 is 55.6 Å². The molecule has 120 valence electrons. The van der Waals surface area contributed by atoms with Crippen molar-refractivity contribution in [1.29, 1.82) is 0 Å². The molecule has 0 atom stereocenters. The van der Waals surface area contributed by atoms with E-state index in [0.717, 1.165) is 0 Å². The van der Waals surface area contributed by atoms with E-state index in [9.17, 15) is 14.4 Å². The zero-order valence-electron chi connectivity index (χ0n) is 18.7. The van der Waals surface area contributed by atoms with Crippen LogP contribution in [0.15, 0.2) is 54.6 Å². The van der Waals surface area contributed by atoms with Crippen molar-refractivity contribution in [3.63, 3.8) is 0 Å². The SMILES string of the molecule is C/C=C/C=C/C(=O)OC(=O)CC.O=C(O)c1ccccc1.[Ca+2].[H-].[H-].[H-].[H-].[K+].[Na+]. The summed E-state index contributed by atoms with van der Waals surface area (Å²) in [6.45, 7) is 3.46. The third kappa shape index (κ3) is 19.5. The maximum Gasteiger partial charge on any atom is 2.00 e. The van der Waals surface area contributed by atoms with Gasteiger partial charge in [0, 0.05) is 12.5 Å². The molecule has 0 amide bonds. The van der Waals surface area contributed by atoms with Crippen LogP contribution >= 0.6 is 0 Å². The molecule has 0 bridgehead atoms. The van der Waals surface area contributed by atoms with Crippen LogP contribution in [0.1, 0.15) is 36.3 Å². The van der Waals surface area contributed by atoms with E-state index in [2.05, 4.69) is 4.74 Å². The predicted octanol–water partition coefficient (Wildman–Crippen LogP) is -2.94. The van der Waals surface area contributed by atoms with Crippen molar-refractivity contribution in [2.24, 2.45) is 0 Å². The Balaban J connectivity index is -0.0000000387. The van der Waals surface area contributed by atoms with Crippen LogP contribution < -0.4 is 80.9 Å². The zero-order valence-corrected chi connectivity index (χ0v) is 22.0. The Morgan fingerprint density at radius 2 is 1.71 bits per heavy atom. The largest absolute Gasteiger partial charge is 2.00 e. The summed E-state index contributed by atoms with van der Waals surface area (Å²) in [7, 11) is 0. The van der Waals surface area contributed by atoms with Crippen LogP contribution in [0.4, 0.5) is 0 Å². The minimum atomic E-state index is -0.879. The Morgan fingerprint density at radius 1 is 1.17 bits per heavy atom. The minimum absolute atomic E-state index is 0. The van der Waals surface area contributed by atoms with Gasteiger partial charge in [-0.1, -0.05) is 43.4 Å². The molecular weight excluding hydrogens is 374 g/mol. The first kappa shape index (κ1) is 32.8. The summed E-state index contributed by atoms with van der Waals surface area (Å²) < 4.78 is 4.35. The second kappa shape index (κ2) is 22.2. The fourth-order valence-corrected chi connectivity index (χ4v) is 1.04. The van der Waals surface area contributed by atoms with Gasteiger partial charge in [-0.15, -0.1) is 0 Å². The number of ether oxygens (including phenoxy) is 1. The first-order valence-corrected chi connectivity index (χ1v) is 6.33. The molecule has 1 aromatic rings. The molecule has 0 aliphatic rings. The Hall–Kier alpha value is 1.21. The van der Waals surface area contributed by atoms with Crippen LogP contribution in [-0.4, -0.2) is 60.8 Å². The molecule has 5 nitrogen and oxygen atoms in total. The number of aromatic carboxylic acids is 1. The van der Waals surface area contributed by atoms with Crippen LogP contribution in [0.5, 0.6) is 0 Å². The summed E-state index contributed by atoms with van der Waals surface area (Å²) in [6.07, 6.45) is 6.38. The van der Waals surface area contributed by atoms with Gasteiger partial charge < -0.3 is 15.5 Å². The van der Waals surface area contributed by atoms with Crippen LogP contribution in [0, 0.1) is 0 Å². The molecular formula is C16H22CaKNaO5. The van der Waals surface area contributed by atoms with E-state index in [1.54, 1.807) is 49.4 Å². The van der Waals surface area contributed by atoms with E-state index in [0.29, 0.717) is 5.56 Å². The van der Waals surface area contributed by atoms with E-state index >= 15 is 0 Å². The molecule has 0 heterocycles. The van der Waals surface area contributed by atoms with Gasteiger partial charge in [0.15, 0.2) is 0 Å². The number of carbonyl (C=O) groups excluding carboxylic acids is 2. The Morgan fingerprint density at radius 3 is 2.08 bits per heavy atom. The molecule has 0 saturated heterocycles. The molecule has 0 spiro atoms. The van der Waals surface area contributed by atoms with Crippen molar-refractivity contribution in [2.75, 3.05) is 0 Å². The molecule has 0 aliphatic carbocycles. The minimum Gasteiger partial charge on any atom is -1.00 e. The van der Waals surface area contributed by atoms with Gasteiger partial charge in [0.05, 0.1) is 5.56 Å². The number of rotatable bonds is 4. The van der Waals surface area contributed by atoms with Crippen molar-refractivity contribution in [2.45, 2.75) is 20.3 Å². The van der Waals surface area contributed by atoms with Gasteiger partial charge in [0.1, 0.15) is 0 Å². The fourth-order valence-electron chi connectivity index (χ4n) is 1.04. The molecule has 0 saturated carbocycles. The van der Waals surface area contributed by atoms with E-state index in [1.807, 2.05) is 6.92 Å². The van der Waals surface area contributed by atoms with Gasteiger partial charge in [-0.25, -0.2) is 9.59 Å². The van der Waals surface area contributed by atoms with Crippen molar-refractivity contribution in [1.82, 2.24) is 0 Å². The van der Waals surface area contributed by atoms with Crippen LogP contribution in [0.25, 0.3) is 0 Å². The normalized spacial score (nSPS) is 8.75. The van der Waals surface area contributed by atoms with E-state index < -0.39 is 17.9 Å². The average Bonchev–Trinajstić information content (AvgIpc) is 2.49. The summed E-state index contributed by atoms with van der Waals surface area (Å²) in [4.78, 5) is 31.5. The Kier molecular flexibility index (Phi) is 30.4. The number of esters is 2. The molecule has 8 heteroatoms. The van der Waals surface area contributed by atoms with Gasteiger partial charge in [-0.3, -0.25) is 4.79 Å². The van der Waals surface area contributed by atoms with E-state index in [-0.39, 0.29) is 131 Å². The van der Waals surface area contributed by atoms with Gasteiger partial charge in [-0.05, 0) is 19.1 Å². The quantitative estimate of drug-likeness (QED) is 0.194. The molecule has 24 heavy (non-hydrogen) atoms. The average molecular weight is 397 g/mol. The summed E-state index contributed by atoms with van der Waals surface area (Å²) in [5, 5.41) is 8.38. The van der Waals surface area contributed by atoms with Crippen LogP contribution in [0.2, 0.25) is 0 Å². The fraction of sp³-hybridized carbons (Fsp3) is 0.188. The number of benzene rings is 1. The monoisotopic (exact) mass is 396 g/mol. The Bertz CT molecular complexity index is 549. The molecule has 0 radical (unpaired) electrons. The first-order chi connectivity index (χ1) is 10.0. The molecule has 1 N–H and O–H groups in total. The number of carbonyl (C=O) groups is 3. The summed E-state index contributed by atoms with van der Waals surface area (Å²) in [6, 6.07) is 8.30. The Labute approximate surface area is 242 Å². The second-order valence-corrected chi connectivity index (χ2v) is 3.70. The smallest absolute Gasteiger partial charge is 1.00 e. The maximum absolute atomic E-state index is 10.7. The molecule has 0 unspecified atom stereocenters. The van der Waals surface area contributed by atoms with Crippen molar-refractivity contribution in [3.05, 3.63) is 60.2 Å². The first-order valence-electron chi connectivity index (χ1n) is 6.33. The van der Waals surface area contributed by atoms with E-state index in [1.165, 1.54) is 12.2 Å². The standard InChI is InChI=1S/C9H12O3.C7H6O2.Ca.K.Na.4H/c1-3-5-6-7-9(11)12-8(10)4-2;8-7(9)6-4-2-1-3-5-6;;;;;;;/h3,5-7H,4H2,1-2H3;1-5H,(H,8,9);;;;;;;/q;;+2;2*+1;4*-1/b5-3+,7-6+;;;;;;;;. The summed E-state index contributed by atoms with van der Waals surface area (Å²) in [5.41, 5.74) is 0.331.